The van der Waals surface area contributed by atoms with Gasteiger partial charge in [-0.2, -0.15) is 5.26 Å². The van der Waals surface area contributed by atoms with Gasteiger partial charge in [0.25, 0.3) is 5.92 Å². The first-order chi connectivity index (χ1) is 15.6. The van der Waals surface area contributed by atoms with Crippen LogP contribution in [0, 0.1) is 23.7 Å². The first kappa shape index (κ1) is 21.1. The minimum Gasteiger partial charge on any atom is -0.478 e. The molecule has 1 atom stereocenters. The average Bonchev–Trinajstić information content (AvgIpc) is 3.33. The van der Waals surface area contributed by atoms with Crippen molar-refractivity contribution in [1.29, 1.82) is 5.26 Å². The smallest absolute Gasteiger partial charge is 0.337 e. The fourth-order valence-corrected chi connectivity index (χ4v) is 4.61. The largest absolute Gasteiger partial charge is 0.478 e. The number of aryl methyl sites for hydroxylation is 1. The highest BCUT2D eigenvalue weighted by Crippen LogP contribution is 2.65. The number of nitrogens with zero attached hydrogens (tertiary/aromatic N) is 4. The van der Waals surface area contributed by atoms with Crippen LogP contribution in [0.2, 0.25) is 0 Å². The minimum absolute atomic E-state index is 0.106. The number of anilines is 2. The first-order valence-corrected chi connectivity index (χ1v) is 10.6. The van der Waals surface area contributed by atoms with Crippen LogP contribution in [0.4, 0.5) is 20.3 Å². The zero-order valence-electron chi connectivity index (χ0n) is 18.1. The van der Waals surface area contributed by atoms with Gasteiger partial charge in [-0.3, -0.25) is 0 Å². The molecule has 1 saturated carbocycles. The molecule has 3 aromatic rings. The summed E-state index contributed by atoms with van der Waals surface area (Å²) < 4.78 is 27.4. The summed E-state index contributed by atoms with van der Waals surface area (Å²) in [5.74, 6) is -3.39. The zero-order valence-corrected chi connectivity index (χ0v) is 18.1. The number of halogens is 2. The maximum Gasteiger partial charge on any atom is 0.337 e. The number of carbonyl (C=O) groups is 1. The van der Waals surface area contributed by atoms with Crippen molar-refractivity contribution in [3.63, 3.8) is 0 Å². The Morgan fingerprint density at radius 1 is 1.27 bits per heavy atom. The highest BCUT2D eigenvalue weighted by atomic mass is 19.3. The number of hydrogen-bond donors (Lipinski definition) is 2. The van der Waals surface area contributed by atoms with Gasteiger partial charge in [0.05, 0.1) is 28.1 Å². The molecule has 5 rings (SSSR count). The molecular formula is C24H21F2N5O2. The molecule has 2 aliphatic rings. The van der Waals surface area contributed by atoms with E-state index in [1.54, 1.807) is 23.1 Å². The number of nitrogens with one attached hydrogen (secondary N) is 1. The number of rotatable bonds is 5. The van der Waals surface area contributed by atoms with Gasteiger partial charge in [-0.05, 0) is 37.6 Å². The predicted octanol–water partition coefficient (Wildman–Crippen LogP) is 4.53. The van der Waals surface area contributed by atoms with Gasteiger partial charge in [-0.25, -0.2) is 23.5 Å². The first-order valence-electron chi connectivity index (χ1n) is 10.6. The van der Waals surface area contributed by atoms with E-state index in [1.807, 2.05) is 32.0 Å². The number of hydrogen-bond acceptors (Lipinski definition) is 6. The van der Waals surface area contributed by atoms with Crippen LogP contribution < -0.4 is 10.2 Å². The van der Waals surface area contributed by atoms with Crippen LogP contribution in [-0.4, -0.2) is 40.1 Å². The molecule has 1 aliphatic heterocycles. The molecule has 2 heterocycles. The molecule has 9 heteroatoms. The summed E-state index contributed by atoms with van der Waals surface area (Å²) in [4.78, 5) is 22.5. The van der Waals surface area contributed by atoms with Gasteiger partial charge >= 0.3 is 5.97 Å². The summed E-state index contributed by atoms with van der Waals surface area (Å²) in [7, 11) is 0. The van der Waals surface area contributed by atoms with Crippen LogP contribution in [0.3, 0.4) is 0 Å². The minimum atomic E-state index is -2.65. The Morgan fingerprint density at radius 3 is 2.61 bits per heavy atom. The molecule has 1 aliphatic carbocycles. The second-order valence-corrected chi connectivity index (χ2v) is 8.96. The number of fused-ring (bicyclic) bond motifs is 1. The number of aromatic carboxylic acids is 1. The van der Waals surface area contributed by atoms with E-state index in [1.165, 1.54) is 6.07 Å². The van der Waals surface area contributed by atoms with Gasteiger partial charge in [0.15, 0.2) is 11.5 Å². The molecule has 2 N–H and O–H groups in total. The second kappa shape index (κ2) is 7.10. The Labute approximate surface area is 188 Å². The second-order valence-electron chi connectivity index (χ2n) is 8.96. The van der Waals surface area contributed by atoms with Crippen molar-refractivity contribution in [3.05, 3.63) is 58.8 Å². The topological polar surface area (TPSA) is 102 Å². The third kappa shape index (κ3) is 3.33. The molecule has 1 saturated heterocycles. The number of alkyl halides is 2. The van der Waals surface area contributed by atoms with Crippen molar-refractivity contribution < 1.29 is 18.7 Å². The van der Waals surface area contributed by atoms with Gasteiger partial charge in [0.2, 0.25) is 0 Å². The van der Waals surface area contributed by atoms with Crippen LogP contribution >= 0.6 is 0 Å². The molecule has 0 bridgehead atoms. The third-order valence-electron chi connectivity index (χ3n) is 6.53. The van der Waals surface area contributed by atoms with E-state index in [2.05, 4.69) is 10.3 Å². The summed E-state index contributed by atoms with van der Waals surface area (Å²) >= 11 is 0. The van der Waals surface area contributed by atoms with E-state index in [9.17, 15) is 23.9 Å². The van der Waals surface area contributed by atoms with E-state index in [4.69, 9.17) is 4.98 Å². The molecular weight excluding hydrogens is 428 g/mol. The lowest BCUT2D eigenvalue weighted by molar-refractivity contribution is 0.0517. The van der Waals surface area contributed by atoms with Gasteiger partial charge < -0.3 is 15.3 Å². The SMILES string of the molecule is Cc1cc([C@@H](C)Nc2ccccc2C(=O)O)c2nc(N3CC4(C3)CC4(F)F)c(C#N)nc2c1. The van der Waals surface area contributed by atoms with Crippen molar-refractivity contribution in [2.75, 3.05) is 23.3 Å². The monoisotopic (exact) mass is 449 g/mol. The Hall–Kier alpha value is -3.80. The quantitative estimate of drug-likeness (QED) is 0.590. The average molecular weight is 449 g/mol. The van der Waals surface area contributed by atoms with Gasteiger partial charge in [-0.1, -0.05) is 18.2 Å². The van der Waals surface area contributed by atoms with Gasteiger partial charge in [-0.15, -0.1) is 0 Å². The highest BCUT2D eigenvalue weighted by Gasteiger charge is 2.76. The predicted molar refractivity (Wildman–Crippen MR) is 119 cm³/mol. The Bertz CT molecular complexity index is 1340. The van der Waals surface area contributed by atoms with Gasteiger partial charge in [0, 0.05) is 30.8 Å². The Morgan fingerprint density at radius 2 is 1.97 bits per heavy atom. The van der Waals surface area contributed by atoms with Crippen molar-refractivity contribution in [1.82, 2.24) is 9.97 Å². The zero-order chi connectivity index (χ0) is 23.5. The lowest BCUT2D eigenvalue weighted by Gasteiger charge is -2.41. The van der Waals surface area contributed by atoms with E-state index >= 15 is 0 Å². The van der Waals surface area contributed by atoms with E-state index in [0.29, 0.717) is 22.5 Å². The number of aromatic nitrogens is 2. The van der Waals surface area contributed by atoms with Crippen LogP contribution in [0.1, 0.15) is 46.6 Å². The molecule has 7 nitrogen and oxygen atoms in total. The van der Waals surface area contributed by atoms with Crippen LogP contribution in [0.25, 0.3) is 11.0 Å². The molecule has 2 fully saturated rings. The van der Waals surface area contributed by atoms with E-state index in [0.717, 1.165) is 11.1 Å². The molecule has 0 amide bonds. The van der Waals surface area contributed by atoms with Crippen molar-refractivity contribution >= 4 is 28.5 Å². The summed E-state index contributed by atoms with van der Waals surface area (Å²) in [5.41, 5.74) is 2.48. The maximum absolute atomic E-state index is 13.7. The molecule has 0 radical (unpaired) electrons. The lowest BCUT2D eigenvalue weighted by atomic mass is 9.95. The fraction of sp³-hybridized carbons (Fsp3) is 0.333. The molecule has 2 aromatic carbocycles. The molecule has 1 spiro atoms. The number of carboxylic acids is 1. The van der Waals surface area contributed by atoms with Crippen LogP contribution in [0.5, 0.6) is 0 Å². The number of para-hydroxylation sites is 1. The normalized spacial score (nSPS) is 18.5. The standard InChI is InChI=1S/C24H21F2N5O2/c1-13-7-16(14(2)28-17-6-4-3-5-15(17)22(32)33)20-18(8-13)29-19(9-27)21(30-20)31-11-23(12-31)10-24(23,25)26/h3-8,14,28H,10-12H2,1-2H3,(H,32,33)/t14-/m1/s1. The van der Waals surface area contributed by atoms with Crippen LogP contribution in [-0.2, 0) is 0 Å². The molecule has 0 unspecified atom stereocenters. The highest BCUT2D eigenvalue weighted by molar-refractivity contribution is 5.94. The Balaban J connectivity index is 1.54. The lowest BCUT2D eigenvalue weighted by Crippen LogP contribution is -2.52. The molecule has 168 valence electrons. The maximum atomic E-state index is 13.7. The van der Waals surface area contributed by atoms with E-state index in [-0.39, 0.29) is 36.8 Å². The number of benzene rings is 2. The number of carboxylic acid groups (broad SMARTS) is 1. The summed E-state index contributed by atoms with van der Waals surface area (Å²) in [6.45, 7) is 4.08. The fourth-order valence-electron chi connectivity index (χ4n) is 4.61. The summed E-state index contributed by atoms with van der Waals surface area (Å²) in [6.07, 6.45) is -0.131. The number of nitriles is 1. The summed E-state index contributed by atoms with van der Waals surface area (Å²) in [5, 5.41) is 22.4. The summed E-state index contributed by atoms with van der Waals surface area (Å²) in [6, 6.07) is 12.1. The van der Waals surface area contributed by atoms with Crippen LogP contribution in [0.15, 0.2) is 36.4 Å². The Kier molecular flexibility index (Phi) is 4.53. The molecule has 33 heavy (non-hydrogen) atoms. The molecule has 1 aromatic heterocycles. The van der Waals surface area contributed by atoms with Crippen molar-refractivity contribution in [2.24, 2.45) is 5.41 Å². The van der Waals surface area contributed by atoms with E-state index < -0.39 is 17.3 Å². The van der Waals surface area contributed by atoms with Crippen molar-refractivity contribution in [2.45, 2.75) is 32.2 Å². The van der Waals surface area contributed by atoms with Crippen molar-refractivity contribution in [3.8, 4) is 6.07 Å². The van der Waals surface area contributed by atoms with Gasteiger partial charge in [0.1, 0.15) is 6.07 Å². The third-order valence-corrected chi connectivity index (χ3v) is 6.53.